The van der Waals surface area contributed by atoms with Crippen molar-refractivity contribution >= 4 is 38.7 Å². The van der Waals surface area contributed by atoms with Crippen molar-refractivity contribution in [2.75, 3.05) is 7.11 Å². The van der Waals surface area contributed by atoms with Crippen molar-refractivity contribution in [2.24, 2.45) is 0 Å². The minimum absolute atomic E-state index is 0.270. The van der Waals surface area contributed by atoms with Gasteiger partial charge in [-0.25, -0.2) is 9.97 Å². The lowest BCUT2D eigenvalue weighted by Gasteiger charge is -2.07. The summed E-state index contributed by atoms with van der Waals surface area (Å²) in [7, 11) is 1.56. The number of hydrogen-bond donors (Lipinski definition) is 0. The van der Waals surface area contributed by atoms with E-state index >= 15 is 0 Å². The van der Waals surface area contributed by atoms with Gasteiger partial charge in [0, 0.05) is 4.47 Å². The normalized spacial score (nSPS) is 10.9. The first-order valence-corrected chi connectivity index (χ1v) is 7.15. The quantitative estimate of drug-likeness (QED) is 0.678. The highest BCUT2D eigenvalue weighted by Gasteiger charge is 2.17. The maximum atomic E-state index is 6.00. The molecule has 0 spiro atoms. The van der Waals surface area contributed by atoms with E-state index < -0.39 is 0 Å². The largest absolute Gasteiger partial charge is 0.479 e. The molecule has 3 rings (SSSR count). The number of hydrogen-bond acceptors (Lipinski definition) is 4. The second-order valence-corrected chi connectivity index (χ2v) is 5.22. The fraction of sp³-hybridized carbons (Fsp3) is 0.154. The van der Waals surface area contributed by atoms with Gasteiger partial charge in [0.25, 0.3) is 0 Å². The number of methoxy groups -OCH3 is 1. The van der Waals surface area contributed by atoms with Crippen molar-refractivity contribution in [1.82, 2.24) is 19.5 Å². The monoisotopic (exact) mass is 352 g/mol. The van der Waals surface area contributed by atoms with Crippen LogP contribution in [0.5, 0.6) is 5.88 Å². The van der Waals surface area contributed by atoms with Crippen molar-refractivity contribution in [2.45, 2.75) is 5.88 Å². The summed E-state index contributed by atoms with van der Waals surface area (Å²) in [6.45, 7) is 0. The SMILES string of the molecule is COc1ncnc2c1nc(CCl)n2-c1cccc(Br)c1. The van der Waals surface area contributed by atoms with Crippen LogP contribution >= 0.6 is 27.5 Å². The number of ether oxygens (including phenoxy) is 1. The molecule has 0 radical (unpaired) electrons. The molecule has 3 aromatic rings. The first-order valence-electron chi connectivity index (χ1n) is 5.83. The molecule has 2 aromatic heterocycles. The molecule has 102 valence electrons. The van der Waals surface area contributed by atoms with Gasteiger partial charge in [0.2, 0.25) is 5.88 Å². The summed E-state index contributed by atoms with van der Waals surface area (Å²) in [6, 6.07) is 7.85. The zero-order valence-corrected chi connectivity index (χ0v) is 12.9. The molecular weight excluding hydrogens is 344 g/mol. The fourth-order valence-corrected chi connectivity index (χ4v) is 2.61. The minimum atomic E-state index is 0.270. The Balaban J connectivity index is 2.34. The van der Waals surface area contributed by atoms with Crippen molar-refractivity contribution in [3.8, 4) is 11.6 Å². The molecule has 0 N–H and O–H groups in total. The van der Waals surface area contributed by atoms with Gasteiger partial charge in [-0.15, -0.1) is 11.6 Å². The van der Waals surface area contributed by atoms with Gasteiger partial charge in [-0.05, 0) is 18.2 Å². The zero-order valence-electron chi connectivity index (χ0n) is 10.5. The molecule has 0 aliphatic carbocycles. The molecular formula is C13H10BrClN4O. The predicted molar refractivity (Wildman–Crippen MR) is 80.5 cm³/mol. The van der Waals surface area contributed by atoms with Gasteiger partial charge < -0.3 is 4.74 Å². The molecule has 20 heavy (non-hydrogen) atoms. The average Bonchev–Trinajstić information content (AvgIpc) is 2.85. The highest BCUT2D eigenvalue weighted by atomic mass is 79.9. The molecule has 0 saturated carbocycles. The number of aromatic nitrogens is 4. The lowest BCUT2D eigenvalue weighted by atomic mass is 10.3. The van der Waals surface area contributed by atoms with Crippen LogP contribution in [-0.2, 0) is 5.88 Å². The van der Waals surface area contributed by atoms with Gasteiger partial charge in [0.1, 0.15) is 12.2 Å². The molecule has 0 aliphatic heterocycles. The third kappa shape index (κ3) is 2.14. The molecule has 0 atom stereocenters. The Morgan fingerprint density at radius 1 is 1.35 bits per heavy atom. The van der Waals surface area contributed by atoms with E-state index in [4.69, 9.17) is 16.3 Å². The van der Waals surface area contributed by atoms with Gasteiger partial charge >= 0.3 is 0 Å². The van der Waals surface area contributed by atoms with Crippen LogP contribution in [-0.4, -0.2) is 26.6 Å². The first kappa shape index (κ1) is 13.3. The van der Waals surface area contributed by atoms with Crippen LogP contribution in [0.4, 0.5) is 0 Å². The molecule has 0 unspecified atom stereocenters. The topological polar surface area (TPSA) is 52.8 Å². The summed E-state index contributed by atoms with van der Waals surface area (Å²) in [5.41, 5.74) is 2.20. The van der Waals surface area contributed by atoms with E-state index in [0.29, 0.717) is 22.9 Å². The Hall–Kier alpha value is -1.66. The third-order valence-electron chi connectivity index (χ3n) is 2.86. The highest BCUT2D eigenvalue weighted by molar-refractivity contribution is 9.10. The van der Waals surface area contributed by atoms with Crippen LogP contribution in [0.1, 0.15) is 5.82 Å². The van der Waals surface area contributed by atoms with Gasteiger partial charge in [0.15, 0.2) is 11.2 Å². The van der Waals surface area contributed by atoms with Crippen molar-refractivity contribution in [3.63, 3.8) is 0 Å². The molecule has 0 aliphatic rings. The number of rotatable bonds is 3. The highest BCUT2D eigenvalue weighted by Crippen LogP contribution is 2.26. The number of nitrogens with zero attached hydrogens (tertiary/aromatic N) is 4. The Labute approximate surface area is 128 Å². The Bertz CT molecular complexity index is 774. The van der Waals surface area contributed by atoms with Gasteiger partial charge in [-0.1, -0.05) is 22.0 Å². The van der Waals surface area contributed by atoms with E-state index in [0.717, 1.165) is 10.2 Å². The molecule has 2 heterocycles. The van der Waals surface area contributed by atoms with Gasteiger partial charge in [-0.3, -0.25) is 4.57 Å². The first-order chi connectivity index (χ1) is 9.74. The Morgan fingerprint density at radius 3 is 2.90 bits per heavy atom. The van der Waals surface area contributed by atoms with Gasteiger partial charge in [0.05, 0.1) is 18.7 Å². The zero-order chi connectivity index (χ0) is 14.1. The van der Waals surface area contributed by atoms with E-state index in [1.165, 1.54) is 6.33 Å². The summed E-state index contributed by atoms with van der Waals surface area (Å²) in [5, 5.41) is 0. The summed E-state index contributed by atoms with van der Waals surface area (Å²) in [5.74, 6) is 1.40. The van der Waals surface area contributed by atoms with Crippen LogP contribution in [0.15, 0.2) is 35.1 Å². The molecule has 0 saturated heterocycles. The molecule has 7 heteroatoms. The van der Waals surface area contributed by atoms with E-state index in [1.54, 1.807) is 7.11 Å². The molecule has 0 amide bonds. The molecule has 0 fully saturated rings. The van der Waals surface area contributed by atoms with E-state index in [9.17, 15) is 0 Å². The number of halogens is 2. The molecule has 0 bridgehead atoms. The average molecular weight is 354 g/mol. The van der Waals surface area contributed by atoms with Gasteiger partial charge in [-0.2, -0.15) is 4.98 Å². The third-order valence-corrected chi connectivity index (χ3v) is 3.59. The summed E-state index contributed by atoms with van der Waals surface area (Å²) in [6.07, 6.45) is 1.45. The van der Waals surface area contributed by atoms with E-state index in [1.807, 2.05) is 28.8 Å². The molecule has 5 nitrogen and oxygen atoms in total. The minimum Gasteiger partial charge on any atom is -0.479 e. The Kier molecular flexibility index (Phi) is 3.58. The van der Waals surface area contributed by atoms with Crippen LogP contribution in [0.3, 0.4) is 0 Å². The lowest BCUT2D eigenvalue weighted by molar-refractivity contribution is 0.401. The summed E-state index contributed by atoms with van der Waals surface area (Å²) in [4.78, 5) is 12.8. The smallest absolute Gasteiger partial charge is 0.245 e. The van der Waals surface area contributed by atoms with Crippen molar-refractivity contribution in [1.29, 1.82) is 0 Å². The predicted octanol–water partition coefficient (Wildman–Crippen LogP) is 3.33. The second-order valence-electron chi connectivity index (χ2n) is 4.03. The van der Waals surface area contributed by atoms with Crippen LogP contribution in [0.25, 0.3) is 16.9 Å². The Morgan fingerprint density at radius 2 is 2.20 bits per heavy atom. The standard InChI is InChI=1S/C13H10BrClN4O/c1-20-13-11-12(16-7-17-13)19(10(6-15)18-11)9-4-2-3-8(14)5-9/h2-5,7H,6H2,1H3. The number of fused-ring (bicyclic) bond motifs is 1. The van der Waals surface area contributed by atoms with Crippen LogP contribution in [0, 0.1) is 0 Å². The van der Waals surface area contributed by atoms with E-state index in [2.05, 4.69) is 30.9 Å². The number of imidazole rings is 1. The molecule has 1 aromatic carbocycles. The maximum absolute atomic E-state index is 6.00. The number of alkyl halides is 1. The summed E-state index contributed by atoms with van der Waals surface area (Å²) >= 11 is 9.47. The fourth-order valence-electron chi connectivity index (χ4n) is 2.04. The van der Waals surface area contributed by atoms with Crippen molar-refractivity contribution in [3.05, 3.63) is 40.9 Å². The summed E-state index contributed by atoms with van der Waals surface area (Å²) < 4.78 is 8.09. The van der Waals surface area contributed by atoms with E-state index in [-0.39, 0.29) is 5.88 Å². The number of benzene rings is 1. The van der Waals surface area contributed by atoms with Crippen LogP contribution in [0.2, 0.25) is 0 Å². The second kappa shape index (κ2) is 5.38. The van der Waals surface area contributed by atoms with Crippen LogP contribution < -0.4 is 4.74 Å². The van der Waals surface area contributed by atoms with Crippen molar-refractivity contribution < 1.29 is 4.74 Å². The lowest BCUT2D eigenvalue weighted by Crippen LogP contribution is -2.00. The maximum Gasteiger partial charge on any atom is 0.245 e.